The van der Waals surface area contributed by atoms with Crippen molar-refractivity contribution in [2.75, 3.05) is 13.2 Å². The Balaban J connectivity index is 4.56. The van der Waals surface area contributed by atoms with Gasteiger partial charge in [-0.1, -0.05) is 0 Å². The van der Waals surface area contributed by atoms with E-state index in [1.165, 1.54) is 0 Å². The predicted molar refractivity (Wildman–Crippen MR) is 75.3 cm³/mol. The van der Waals surface area contributed by atoms with E-state index < -0.39 is 28.6 Å². The maximum atomic E-state index is 11.7. The lowest BCUT2D eigenvalue weighted by atomic mass is 9.97. The second kappa shape index (κ2) is 6.43. The van der Waals surface area contributed by atoms with Crippen molar-refractivity contribution in [1.29, 1.82) is 0 Å². The molecule has 0 bridgehead atoms. The van der Waals surface area contributed by atoms with Gasteiger partial charge in [0.1, 0.15) is 12.2 Å². The lowest BCUT2D eigenvalue weighted by Gasteiger charge is -2.30. The van der Waals surface area contributed by atoms with E-state index in [-0.39, 0.29) is 13.2 Å². The molecule has 0 unspecified atom stereocenters. The Morgan fingerprint density at radius 1 is 1.05 bits per heavy atom. The number of hydrogen-bond acceptors (Lipinski definition) is 5. The lowest BCUT2D eigenvalue weighted by molar-refractivity contribution is -0.155. The smallest absolute Gasteiger partial charge is 0.408 e. The zero-order valence-corrected chi connectivity index (χ0v) is 13.5. The normalized spacial score (nSPS) is 15.2. The van der Waals surface area contributed by atoms with Crippen molar-refractivity contribution in [1.82, 2.24) is 5.32 Å². The van der Waals surface area contributed by atoms with Crippen LogP contribution in [0.25, 0.3) is 0 Å². The Hall–Kier alpha value is -1.30. The minimum atomic E-state index is -1.08. The molecular weight excluding hydrogens is 262 g/mol. The maximum Gasteiger partial charge on any atom is 0.408 e. The molecule has 0 aliphatic heterocycles. The molecule has 0 spiro atoms. The highest BCUT2D eigenvalue weighted by molar-refractivity contribution is 5.75. The number of alkyl carbamates (subject to hydrolysis) is 1. The van der Waals surface area contributed by atoms with Crippen LogP contribution in [-0.4, -0.2) is 41.5 Å². The number of ether oxygens (including phenoxy) is 2. The number of aliphatic hydroxyl groups is 1. The third-order valence-electron chi connectivity index (χ3n) is 2.29. The van der Waals surface area contributed by atoms with Crippen LogP contribution in [-0.2, 0) is 14.3 Å². The van der Waals surface area contributed by atoms with Crippen molar-refractivity contribution in [3.8, 4) is 0 Å². The summed E-state index contributed by atoms with van der Waals surface area (Å²) in [5.41, 5.74) is -2.35. The van der Waals surface area contributed by atoms with Gasteiger partial charge < -0.3 is 19.9 Å². The Morgan fingerprint density at radius 2 is 1.55 bits per heavy atom. The number of hydrogen-bond donors (Lipinski definition) is 2. The zero-order chi connectivity index (χ0) is 16.2. The van der Waals surface area contributed by atoms with Gasteiger partial charge >= 0.3 is 12.1 Å². The van der Waals surface area contributed by atoms with E-state index in [2.05, 4.69) is 5.32 Å². The summed E-state index contributed by atoms with van der Waals surface area (Å²) >= 11 is 0. The highest BCUT2D eigenvalue weighted by atomic mass is 16.6. The minimum Gasteiger partial charge on any atom is -0.463 e. The molecule has 0 saturated heterocycles. The van der Waals surface area contributed by atoms with E-state index in [9.17, 15) is 14.7 Å². The first-order valence-electron chi connectivity index (χ1n) is 6.58. The van der Waals surface area contributed by atoms with E-state index >= 15 is 0 Å². The molecule has 0 saturated carbocycles. The van der Waals surface area contributed by atoms with Crippen LogP contribution in [0.3, 0.4) is 0 Å². The van der Waals surface area contributed by atoms with Crippen LogP contribution in [0.2, 0.25) is 0 Å². The molecule has 6 heteroatoms. The summed E-state index contributed by atoms with van der Waals surface area (Å²) in [6.07, 6.45) is -0.666. The largest absolute Gasteiger partial charge is 0.463 e. The summed E-state index contributed by atoms with van der Waals surface area (Å²) in [4.78, 5) is 23.4. The summed E-state index contributed by atoms with van der Waals surface area (Å²) < 4.78 is 10.2. The first-order valence-corrected chi connectivity index (χ1v) is 6.58. The first-order chi connectivity index (χ1) is 8.79. The van der Waals surface area contributed by atoms with Gasteiger partial charge in [-0.3, -0.25) is 4.79 Å². The van der Waals surface area contributed by atoms with Gasteiger partial charge in [-0.05, 0) is 48.5 Å². The van der Waals surface area contributed by atoms with Crippen LogP contribution in [0, 0.1) is 5.41 Å². The molecular formula is C14H27NO5. The molecule has 0 aliphatic rings. The lowest BCUT2D eigenvalue weighted by Crippen LogP contribution is -2.54. The van der Waals surface area contributed by atoms with E-state index in [1.54, 1.807) is 48.5 Å². The molecule has 20 heavy (non-hydrogen) atoms. The van der Waals surface area contributed by atoms with Gasteiger partial charge in [-0.15, -0.1) is 0 Å². The second-order valence-electron chi connectivity index (χ2n) is 7.17. The molecule has 118 valence electrons. The Kier molecular flexibility index (Phi) is 6.02. The molecule has 6 nitrogen and oxygen atoms in total. The molecule has 0 heterocycles. The van der Waals surface area contributed by atoms with E-state index in [0.29, 0.717) is 0 Å². The first kappa shape index (κ1) is 18.7. The Labute approximate surface area is 120 Å². The van der Waals surface area contributed by atoms with Gasteiger partial charge in [-0.25, -0.2) is 4.79 Å². The van der Waals surface area contributed by atoms with Crippen LogP contribution in [0.5, 0.6) is 0 Å². The van der Waals surface area contributed by atoms with Crippen molar-refractivity contribution in [2.24, 2.45) is 5.41 Å². The molecule has 0 aliphatic carbocycles. The quantitative estimate of drug-likeness (QED) is 0.772. The van der Waals surface area contributed by atoms with Crippen molar-refractivity contribution < 1.29 is 24.2 Å². The fourth-order valence-corrected chi connectivity index (χ4v) is 1.11. The van der Waals surface area contributed by atoms with Gasteiger partial charge in [-0.2, -0.15) is 0 Å². The fourth-order valence-electron chi connectivity index (χ4n) is 1.11. The summed E-state index contributed by atoms with van der Waals surface area (Å²) in [5.74, 6) is -0.400. The number of amides is 1. The standard InChI is InChI=1S/C14H27NO5/c1-12(2,3)10(17)19-9-14(7,8-16)15-11(18)20-13(4,5)6/h16H,8-9H2,1-7H3,(H,15,18)/t14-/m0/s1. The minimum absolute atomic E-state index is 0.126. The molecule has 1 amide bonds. The summed E-state index contributed by atoms with van der Waals surface area (Å²) in [7, 11) is 0. The number of carbonyl (C=O) groups excluding carboxylic acids is 2. The second-order valence-corrected chi connectivity index (χ2v) is 7.17. The van der Waals surface area contributed by atoms with E-state index in [4.69, 9.17) is 9.47 Å². The van der Waals surface area contributed by atoms with Crippen molar-refractivity contribution in [2.45, 2.75) is 59.6 Å². The molecule has 0 aromatic rings. The Morgan fingerprint density at radius 3 is 1.90 bits per heavy atom. The average molecular weight is 289 g/mol. The number of rotatable bonds is 4. The van der Waals surface area contributed by atoms with Gasteiger partial charge in [0.05, 0.1) is 17.6 Å². The van der Waals surface area contributed by atoms with Crippen molar-refractivity contribution in [3.63, 3.8) is 0 Å². The number of carbonyl (C=O) groups is 2. The van der Waals surface area contributed by atoms with E-state index in [0.717, 1.165) is 0 Å². The summed E-state index contributed by atoms with van der Waals surface area (Å²) in [6, 6.07) is 0. The van der Waals surface area contributed by atoms with Gasteiger partial charge in [0.2, 0.25) is 0 Å². The molecule has 0 fully saturated rings. The number of aliphatic hydroxyl groups excluding tert-OH is 1. The molecule has 2 N–H and O–H groups in total. The molecule has 1 atom stereocenters. The molecule has 0 rings (SSSR count). The van der Waals surface area contributed by atoms with Gasteiger partial charge in [0.15, 0.2) is 0 Å². The maximum absolute atomic E-state index is 11.7. The van der Waals surface area contributed by atoms with Crippen LogP contribution >= 0.6 is 0 Å². The average Bonchev–Trinajstić information content (AvgIpc) is 2.21. The summed E-state index contributed by atoms with van der Waals surface area (Å²) in [6.45, 7) is 11.5. The van der Waals surface area contributed by atoms with Crippen LogP contribution in [0.15, 0.2) is 0 Å². The fraction of sp³-hybridized carbons (Fsp3) is 0.857. The molecule has 0 aromatic carbocycles. The highest BCUT2D eigenvalue weighted by Gasteiger charge is 2.32. The summed E-state index contributed by atoms with van der Waals surface area (Å²) in [5, 5.41) is 11.9. The van der Waals surface area contributed by atoms with Gasteiger partial charge in [0.25, 0.3) is 0 Å². The monoisotopic (exact) mass is 289 g/mol. The third kappa shape index (κ3) is 7.33. The third-order valence-corrected chi connectivity index (χ3v) is 2.29. The Bertz CT molecular complexity index is 354. The zero-order valence-electron chi connectivity index (χ0n) is 13.5. The van der Waals surface area contributed by atoms with Crippen molar-refractivity contribution >= 4 is 12.1 Å². The number of nitrogens with one attached hydrogen (secondary N) is 1. The van der Waals surface area contributed by atoms with Gasteiger partial charge in [0, 0.05) is 0 Å². The SMILES string of the molecule is CC(C)(C)OC(=O)N[C@@](C)(CO)COC(=O)C(C)(C)C. The van der Waals surface area contributed by atoms with Crippen molar-refractivity contribution in [3.05, 3.63) is 0 Å². The molecule has 0 aromatic heterocycles. The topological polar surface area (TPSA) is 84.9 Å². The van der Waals surface area contributed by atoms with Crippen LogP contribution < -0.4 is 5.32 Å². The number of esters is 1. The molecule has 0 radical (unpaired) electrons. The highest BCUT2D eigenvalue weighted by Crippen LogP contribution is 2.17. The van der Waals surface area contributed by atoms with Crippen LogP contribution in [0.4, 0.5) is 4.79 Å². The van der Waals surface area contributed by atoms with E-state index in [1.807, 2.05) is 0 Å². The van der Waals surface area contributed by atoms with Crippen LogP contribution in [0.1, 0.15) is 48.5 Å². The predicted octanol–water partition coefficient (Wildman–Crippen LogP) is 1.85.